The van der Waals surface area contributed by atoms with E-state index in [0.717, 1.165) is 11.6 Å². The van der Waals surface area contributed by atoms with Gasteiger partial charge in [-0.25, -0.2) is 4.79 Å². The average molecular weight is 262 g/mol. The fraction of sp³-hybridized carbons (Fsp3) is 0. The van der Waals surface area contributed by atoms with Crippen molar-refractivity contribution in [2.24, 2.45) is 0 Å². The SMILES string of the molecule is O=C(O)C=Cc1ccc(O)cc1.O=S(=O)(O)O. The van der Waals surface area contributed by atoms with Gasteiger partial charge in [-0.05, 0) is 23.8 Å². The number of rotatable bonds is 2. The Morgan fingerprint density at radius 1 is 1.12 bits per heavy atom. The zero-order valence-corrected chi connectivity index (χ0v) is 9.20. The lowest BCUT2D eigenvalue weighted by molar-refractivity contribution is -0.131. The van der Waals surface area contributed by atoms with Crippen molar-refractivity contribution in [1.82, 2.24) is 0 Å². The highest BCUT2D eigenvalue weighted by molar-refractivity contribution is 7.79. The topological polar surface area (TPSA) is 132 Å². The smallest absolute Gasteiger partial charge is 0.394 e. The van der Waals surface area contributed by atoms with E-state index in [0.29, 0.717) is 0 Å². The quantitative estimate of drug-likeness (QED) is 0.458. The van der Waals surface area contributed by atoms with E-state index in [9.17, 15) is 4.79 Å². The molecule has 0 radical (unpaired) electrons. The number of carboxylic acids is 1. The van der Waals surface area contributed by atoms with Crippen molar-refractivity contribution >= 4 is 22.4 Å². The summed E-state index contributed by atoms with van der Waals surface area (Å²) in [5, 5.41) is 17.2. The second-order valence-electron chi connectivity index (χ2n) is 2.71. The number of benzene rings is 1. The Hall–Kier alpha value is -1.90. The summed E-state index contributed by atoms with van der Waals surface area (Å²) >= 11 is 0. The molecule has 4 N–H and O–H groups in total. The van der Waals surface area contributed by atoms with Crippen molar-refractivity contribution in [1.29, 1.82) is 0 Å². The summed E-state index contributed by atoms with van der Waals surface area (Å²) in [5.41, 5.74) is 0.746. The van der Waals surface area contributed by atoms with Crippen LogP contribution < -0.4 is 0 Å². The predicted molar refractivity (Wildman–Crippen MR) is 59.0 cm³/mol. The molecule has 0 aliphatic carbocycles. The Balaban J connectivity index is 0.000000437. The van der Waals surface area contributed by atoms with Crippen molar-refractivity contribution in [2.45, 2.75) is 0 Å². The van der Waals surface area contributed by atoms with Crippen LogP contribution in [0.1, 0.15) is 5.56 Å². The summed E-state index contributed by atoms with van der Waals surface area (Å²) in [5.74, 6) is -0.814. The summed E-state index contributed by atoms with van der Waals surface area (Å²) in [7, 11) is -4.67. The molecule has 0 aromatic heterocycles. The molecular formula is C9H10O7S. The maximum atomic E-state index is 10.1. The summed E-state index contributed by atoms with van der Waals surface area (Å²) in [6, 6.07) is 6.27. The molecule has 0 bridgehead atoms. The third kappa shape index (κ3) is 12.0. The number of carboxylic acid groups (broad SMARTS) is 1. The number of aliphatic carboxylic acids is 1. The lowest BCUT2D eigenvalue weighted by Gasteiger charge is -1.92. The minimum atomic E-state index is -4.67. The van der Waals surface area contributed by atoms with E-state index in [-0.39, 0.29) is 5.75 Å². The molecular weight excluding hydrogens is 252 g/mol. The molecule has 0 spiro atoms. The van der Waals surface area contributed by atoms with Crippen molar-refractivity contribution < 1.29 is 32.5 Å². The van der Waals surface area contributed by atoms with Crippen molar-refractivity contribution in [3.05, 3.63) is 35.9 Å². The summed E-state index contributed by atoms with van der Waals surface area (Å²) in [4.78, 5) is 10.1. The Morgan fingerprint density at radius 3 is 1.88 bits per heavy atom. The zero-order valence-electron chi connectivity index (χ0n) is 8.39. The summed E-state index contributed by atoms with van der Waals surface area (Å²) in [6.45, 7) is 0. The molecule has 0 aliphatic rings. The number of phenolic OH excluding ortho intramolecular Hbond substituents is 1. The van der Waals surface area contributed by atoms with Gasteiger partial charge in [0.15, 0.2) is 0 Å². The molecule has 7 nitrogen and oxygen atoms in total. The second kappa shape index (κ2) is 6.63. The van der Waals surface area contributed by atoms with Gasteiger partial charge in [-0.1, -0.05) is 12.1 Å². The lowest BCUT2D eigenvalue weighted by Crippen LogP contribution is -1.89. The van der Waals surface area contributed by atoms with Gasteiger partial charge in [0, 0.05) is 6.08 Å². The second-order valence-corrected chi connectivity index (χ2v) is 3.61. The van der Waals surface area contributed by atoms with E-state index in [4.69, 9.17) is 27.7 Å². The number of hydrogen-bond donors (Lipinski definition) is 4. The predicted octanol–water partition coefficient (Wildman–Crippen LogP) is 0.837. The third-order valence-corrected chi connectivity index (χ3v) is 1.31. The molecule has 1 rings (SSSR count). The van der Waals surface area contributed by atoms with Crippen molar-refractivity contribution in [3.8, 4) is 5.75 Å². The summed E-state index contributed by atoms with van der Waals surface area (Å²) in [6.07, 6.45) is 2.51. The van der Waals surface area contributed by atoms with Gasteiger partial charge in [-0.2, -0.15) is 8.42 Å². The van der Waals surface area contributed by atoms with Gasteiger partial charge >= 0.3 is 16.4 Å². The van der Waals surface area contributed by atoms with Crippen LogP contribution in [-0.4, -0.2) is 33.7 Å². The highest BCUT2D eigenvalue weighted by Crippen LogP contribution is 2.10. The molecule has 0 saturated heterocycles. The van der Waals surface area contributed by atoms with Gasteiger partial charge in [0.05, 0.1) is 0 Å². The van der Waals surface area contributed by atoms with Gasteiger partial charge in [-0.15, -0.1) is 0 Å². The van der Waals surface area contributed by atoms with Crippen LogP contribution in [0.4, 0.5) is 0 Å². The van der Waals surface area contributed by atoms with Crippen molar-refractivity contribution in [2.75, 3.05) is 0 Å². The lowest BCUT2D eigenvalue weighted by atomic mass is 10.2. The Morgan fingerprint density at radius 2 is 1.53 bits per heavy atom. The number of phenols is 1. The van der Waals surface area contributed by atoms with Gasteiger partial charge < -0.3 is 10.2 Å². The molecule has 0 aliphatic heterocycles. The first-order valence-electron chi connectivity index (χ1n) is 4.08. The number of carbonyl (C=O) groups is 1. The molecule has 1 aromatic carbocycles. The van der Waals surface area contributed by atoms with E-state index in [1.165, 1.54) is 18.2 Å². The van der Waals surface area contributed by atoms with Gasteiger partial charge in [0.1, 0.15) is 5.75 Å². The Kier molecular flexibility index (Phi) is 5.89. The van der Waals surface area contributed by atoms with Crippen LogP contribution in [0, 0.1) is 0 Å². The van der Waals surface area contributed by atoms with E-state index >= 15 is 0 Å². The highest BCUT2D eigenvalue weighted by atomic mass is 32.3. The van der Waals surface area contributed by atoms with Crippen LogP contribution in [0.25, 0.3) is 6.08 Å². The molecule has 0 fully saturated rings. The van der Waals surface area contributed by atoms with Gasteiger partial charge in [0.25, 0.3) is 0 Å². The largest absolute Gasteiger partial charge is 0.508 e. The van der Waals surface area contributed by atoms with Crippen molar-refractivity contribution in [3.63, 3.8) is 0 Å². The van der Waals surface area contributed by atoms with E-state index < -0.39 is 16.4 Å². The molecule has 0 unspecified atom stereocenters. The first-order chi connectivity index (χ1) is 7.68. The van der Waals surface area contributed by atoms with Crippen LogP contribution in [0.3, 0.4) is 0 Å². The molecule has 0 heterocycles. The summed E-state index contributed by atoms with van der Waals surface area (Å²) < 4.78 is 31.6. The fourth-order valence-corrected chi connectivity index (χ4v) is 0.753. The molecule has 94 valence electrons. The molecule has 0 amide bonds. The van der Waals surface area contributed by atoms with Crippen LogP contribution in [-0.2, 0) is 15.2 Å². The highest BCUT2D eigenvalue weighted by Gasteiger charge is 1.89. The molecule has 8 heteroatoms. The molecule has 0 saturated carbocycles. The fourth-order valence-electron chi connectivity index (χ4n) is 0.753. The maximum absolute atomic E-state index is 10.1. The minimum Gasteiger partial charge on any atom is -0.508 e. The van der Waals surface area contributed by atoms with E-state index in [2.05, 4.69) is 0 Å². The van der Waals surface area contributed by atoms with Gasteiger partial charge in [0.2, 0.25) is 0 Å². The third-order valence-electron chi connectivity index (χ3n) is 1.31. The van der Waals surface area contributed by atoms with E-state index in [1.54, 1.807) is 12.1 Å². The number of hydrogen-bond acceptors (Lipinski definition) is 4. The van der Waals surface area contributed by atoms with E-state index in [1.807, 2.05) is 0 Å². The van der Waals surface area contributed by atoms with Crippen LogP contribution in [0.2, 0.25) is 0 Å². The Bertz CT molecular complexity index is 479. The first kappa shape index (κ1) is 15.1. The monoisotopic (exact) mass is 262 g/mol. The molecule has 0 atom stereocenters. The average Bonchev–Trinajstić information content (AvgIpc) is 2.14. The first-order valence-corrected chi connectivity index (χ1v) is 5.48. The normalized spacial score (nSPS) is 10.7. The van der Waals surface area contributed by atoms with Crippen LogP contribution >= 0.6 is 0 Å². The van der Waals surface area contributed by atoms with Crippen LogP contribution in [0.15, 0.2) is 30.3 Å². The standard InChI is InChI=1S/C9H8O3.H2O4S/c10-8-4-1-7(2-5-8)3-6-9(11)12;1-5(2,3)4/h1-6,10H,(H,11,12);(H2,1,2,3,4). The molecule has 1 aromatic rings. The number of aromatic hydroxyl groups is 1. The minimum absolute atomic E-state index is 0.169. The Labute approximate surface area is 97.2 Å². The molecule has 17 heavy (non-hydrogen) atoms. The van der Waals surface area contributed by atoms with Crippen LogP contribution in [0.5, 0.6) is 5.75 Å². The van der Waals surface area contributed by atoms with Gasteiger partial charge in [-0.3, -0.25) is 9.11 Å². The zero-order chi connectivity index (χ0) is 13.5. The maximum Gasteiger partial charge on any atom is 0.394 e.